The molecule has 0 aromatic rings. The molecule has 3 nitrogen and oxygen atoms in total. The molecule has 3 heteroatoms. The number of carbonyl (C=O) groups is 1. The zero-order valence-electron chi connectivity index (χ0n) is 7.43. The van der Waals surface area contributed by atoms with E-state index >= 15 is 0 Å². The first-order chi connectivity index (χ1) is 4.85. The van der Waals surface area contributed by atoms with Crippen molar-refractivity contribution in [3.8, 4) is 0 Å². The maximum absolute atomic E-state index is 10.8. The summed E-state index contributed by atoms with van der Waals surface area (Å²) in [5.74, 6) is -1.02. The van der Waals surface area contributed by atoms with Gasteiger partial charge in [0.25, 0.3) is 0 Å². The maximum atomic E-state index is 10.8. The van der Waals surface area contributed by atoms with E-state index in [0.29, 0.717) is 0 Å². The molecule has 0 saturated carbocycles. The van der Waals surface area contributed by atoms with Crippen LogP contribution in [0.2, 0.25) is 0 Å². The summed E-state index contributed by atoms with van der Waals surface area (Å²) in [6.07, 6.45) is 0. The Labute approximate surface area is 66.7 Å². The van der Waals surface area contributed by atoms with Crippen LogP contribution in [0.5, 0.6) is 0 Å². The molecule has 11 heavy (non-hydrogen) atoms. The van der Waals surface area contributed by atoms with Gasteiger partial charge in [0.15, 0.2) is 0 Å². The molecule has 0 aromatic heterocycles. The SMILES string of the molecule is CC(C)(C)[C@@]1(C)OCC(=O)O1. The highest BCUT2D eigenvalue weighted by Gasteiger charge is 2.47. The van der Waals surface area contributed by atoms with Crippen LogP contribution < -0.4 is 0 Å². The van der Waals surface area contributed by atoms with Crippen LogP contribution in [0, 0.1) is 5.41 Å². The van der Waals surface area contributed by atoms with Crippen LogP contribution in [-0.2, 0) is 14.3 Å². The molecule has 1 aliphatic heterocycles. The van der Waals surface area contributed by atoms with Gasteiger partial charge in [0, 0.05) is 12.3 Å². The topological polar surface area (TPSA) is 35.5 Å². The molecular formula is C8H14O3. The van der Waals surface area contributed by atoms with Gasteiger partial charge in [-0.3, -0.25) is 0 Å². The standard InChI is InChI=1S/C8H14O3/c1-7(2,3)8(4)10-5-6(9)11-8/h5H2,1-4H3/t8-/m0/s1. The fraction of sp³-hybridized carbons (Fsp3) is 0.875. The number of carbonyl (C=O) groups excluding carboxylic acids is 1. The lowest BCUT2D eigenvalue weighted by Crippen LogP contribution is -2.41. The van der Waals surface area contributed by atoms with Crippen LogP contribution in [-0.4, -0.2) is 18.4 Å². The molecule has 0 spiro atoms. The van der Waals surface area contributed by atoms with Crippen molar-refractivity contribution in [2.75, 3.05) is 6.61 Å². The highest BCUT2D eigenvalue weighted by Crippen LogP contribution is 2.37. The van der Waals surface area contributed by atoms with Crippen molar-refractivity contribution in [1.82, 2.24) is 0 Å². The summed E-state index contributed by atoms with van der Waals surface area (Å²) >= 11 is 0. The molecule has 0 aromatic carbocycles. The molecule has 1 saturated heterocycles. The zero-order valence-corrected chi connectivity index (χ0v) is 7.43. The van der Waals surface area contributed by atoms with E-state index in [1.54, 1.807) is 6.92 Å². The van der Waals surface area contributed by atoms with E-state index in [0.717, 1.165) is 0 Å². The minimum Gasteiger partial charge on any atom is -0.431 e. The van der Waals surface area contributed by atoms with Crippen LogP contribution in [0.4, 0.5) is 0 Å². The molecule has 0 radical (unpaired) electrons. The van der Waals surface area contributed by atoms with Gasteiger partial charge in [0.2, 0.25) is 5.79 Å². The van der Waals surface area contributed by atoms with Crippen molar-refractivity contribution in [2.24, 2.45) is 5.41 Å². The third-order valence-electron chi connectivity index (χ3n) is 2.14. The summed E-state index contributed by atoms with van der Waals surface area (Å²) in [5, 5.41) is 0. The molecule has 1 fully saturated rings. The van der Waals surface area contributed by atoms with Crippen LogP contribution in [0.3, 0.4) is 0 Å². The summed E-state index contributed by atoms with van der Waals surface area (Å²) in [6.45, 7) is 7.80. The number of hydrogen-bond acceptors (Lipinski definition) is 3. The zero-order chi connectivity index (χ0) is 8.70. The van der Waals surface area contributed by atoms with E-state index in [4.69, 9.17) is 9.47 Å². The van der Waals surface area contributed by atoms with Gasteiger partial charge >= 0.3 is 5.97 Å². The summed E-state index contributed by atoms with van der Waals surface area (Å²) in [5.41, 5.74) is -0.167. The van der Waals surface area contributed by atoms with E-state index in [2.05, 4.69) is 0 Å². The summed E-state index contributed by atoms with van der Waals surface area (Å²) in [7, 11) is 0. The largest absolute Gasteiger partial charge is 0.431 e. The van der Waals surface area contributed by atoms with Gasteiger partial charge in [-0.1, -0.05) is 20.8 Å². The predicted molar refractivity (Wildman–Crippen MR) is 39.9 cm³/mol. The van der Waals surface area contributed by atoms with Crippen LogP contribution in [0.1, 0.15) is 27.7 Å². The van der Waals surface area contributed by atoms with Crippen molar-refractivity contribution in [1.29, 1.82) is 0 Å². The van der Waals surface area contributed by atoms with Crippen LogP contribution >= 0.6 is 0 Å². The van der Waals surface area contributed by atoms with Crippen molar-refractivity contribution in [2.45, 2.75) is 33.5 Å². The molecule has 1 heterocycles. The van der Waals surface area contributed by atoms with E-state index in [1.165, 1.54) is 0 Å². The molecule has 0 bridgehead atoms. The number of hydrogen-bond donors (Lipinski definition) is 0. The van der Waals surface area contributed by atoms with Crippen molar-refractivity contribution in [3.05, 3.63) is 0 Å². The van der Waals surface area contributed by atoms with Gasteiger partial charge in [-0.05, 0) is 0 Å². The quantitative estimate of drug-likeness (QED) is 0.499. The average Bonchev–Trinajstić information content (AvgIpc) is 2.10. The van der Waals surface area contributed by atoms with Gasteiger partial charge in [0.1, 0.15) is 6.61 Å². The molecule has 0 unspecified atom stereocenters. The minimum atomic E-state index is -0.746. The fourth-order valence-electron chi connectivity index (χ4n) is 0.842. The van der Waals surface area contributed by atoms with Gasteiger partial charge < -0.3 is 9.47 Å². The molecule has 1 rings (SSSR count). The molecular weight excluding hydrogens is 144 g/mol. The third kappa shape index (κ3) is 1.38. The van der Waals surface area contributed by atoms with E-state index in [1.807, 2.05) is 20.8 Å². The lowest BCUT2D eigenvalue weighted by atomic mass is 9.87. The van der Waals surface area contributed by atoms with Crippen LogP contribution in [0.25, 0.3) is 0 Å². The highest BCUT2D eigenvalue weighted by molar-refractivity contribution is 5.72. The molecule has 0 aliphatic carbocycles. The Balaban J connectivity index is 2.77. The first-order valence-electron chi connectivity index (χ1n) is 3.71. The Morgan fingerprint density at radius 3 is 2.18 bits per heavy atom. The molecule has 0 N–H and O–H groups in total. The Hall–Kier alpha value is -0.570. The van der Waals surface area contributed by atoms with Gasteiger partial charge in [-0.15, -0.1) is 0 Å². The normalized spacial score (nSPS) is 32.2. The Bertz CT molecular complexity index is 180. The van der Waals surface area contributed by atoms with E-state index in [9.17, 15) is 4.79 Å². The molecule has 1 aliphatic rings. The molecule has 0 amide bonds. The lowest BCUT2D eigenvalue weighted by molar-refractivity contribution is -0.210. The minimum absolute atomic E-state index is 0.0772. The average molecular weight is 158 g/mol. The van der Waals surface area contributed by atoms with Crippen molar-refractivity contribution in [3.63, 3.8) is 0 Å². The second kappa shape index (κ2) is 2.21. The van der Waals surface area contributed by atoms with Gasteiger partial charge in [0.05, 0.1) is 0 Å². The van der Waals surface area contributed by atoms with Crippen molar-refractivity contribution < 1.29 is 14.3 Å². The maximum Gasteiger partial charge on any atom is 0.334 e. The molecule has 64 valence electrons. The number of esters is 1. The smallest absolute Gasteiger partial charge is 0.334 e. The highest BCUT2D eigenvalue weighted by atomic mass is 16.8. The van der Waals surface area contributed by atoms with E-state index in [-0.39, 0.29) is 18.0 Å². The predicted octanol–water partition coefficient (Wildman–Crippen LogP) is 1.32. The first-order valence-corrected chi connectivity index (χ1v) is 3.71. The van der Waals surface area contributed by atoms with Gasteiger partial charge in [-0.2, -0.15) is 0 Å². The fourth-order valence-corrected chi connectivity index (χ4v) is 0.842. The lowest BCUT2D eigenvalue weighted by Gasteiger charge is -2.34. The summed E-state index contributed by atoms with van der Waals surface area (Å²) in [6, 6.07) is 0. The van der Waals surface area contributed by atoms with Crippen LogP contribution in [0.15, 0.2) is 0 Å². The Kier molecular flexibility index (Phi) is 1.71. The number of ether oxygens (including phenoxy) is 2. The second-order valence-electron chi connectivity index (χ2n) is 3.96. The summed E-state index contributed by atoms with van der Waals surface area (Å²) < 4.78 is 10.3. The number of rotatable bonds is 0. The Morgan fingerprint density at radius 1 is 1.45 bits per heavy atom. The Morgan fingerprint density at radius 2 is 2.00 bits per heavy atom. The monoisotopic (exact) mass is 158 g/mol. The second-order valence-corrected chi connectivity index (χ2v) is 3.96. The van der Waals surface area contributed by atoms with Crippen molar-refractivity contribution >= 4 is 5.97 Å². The summed E-state index contributed by atoms with van der Waals surface area (Å²) in [4.78, 5) is 10.8. The third-order valence-corrected chi connectivity index (χ3v) is 2.14. The van der Waals surface area contributed by atoms with E-state index < -0.39 is 5.79 Å². The van der Waals surface area contributed by atoms with Gasteiger partial charge in [-0.25, -0.2) is 4.79 Å². The molecule has 1 atom stereocenters. The first kappa shape index (κ1) is 8.53. The number of cyclic esters (lactones) is 1.